The summed E-state index contributed by atoms with van der Waals surface area (Å²) in [4.78, 5) is 24.0. The number of allylic oxidation sites excluding steroid dienone is 1. The molecular formula is C17H20N2O5S. The fraction of sp³-hybridized carbons (Fsp3) is 0.353. The Labute approximate surface area is 151 Å². The van der Waals surface area contributed by atoms with Crippen LogP contribution in [-0.2, 0) is 19.0 Å². The van der Waals surface area contributed by atoms with Crippen LogP contribution in [0.25, 0.3) is 0 Å². The van der Waals surface area contributed by atoms with E-state index >= 15 is 0 Å². The number of esters is 2. The Morgan fingerprint density at radius 2 is 1.80 bits per heavy atom. The van der Waals surface area contributed by atoms with Crippen LogP contribution in [0, 0.1) is 0 Å². The number of methoxy groups -OCH3 is 2. The van der Waals surface area contributed by atoms with E-state index in [1.54, 1.807) is 31.2 Å². The summed E-state index contributed by atoms with van der Waals surface area (Å²) in [6, 6.07) is 6.28. The molecule has 0 saturated carbocycles. The maximum Gasteiger partial charge on any atom is 0.338 e. The molecule has 2 N–H and O–H groups in total. The number of benzene rings is 1. The molecule has 1 aromatic rings. The normalized spacial score (nSPS) is 16.8. The van der Waals surface area contributed by atoms with Crippen molar-refractivity contribution in [1.29, 1.82) is 0 Å². The van der Waals surface area contributed by atoms with Crippen molar-refractivity contribution in [2.75, 3.05) is 27.4 Å². The zero-order valence-corrected chi connectivity index (χ0v) is 15.1. The lowest BCUT2D eigenvalue weighted by molar-refractivity contribution is -0.140. The molecule has 1 heterocycles. The van der Waals surface area contributed by atoms with Gasteiger partial charge in [0.1, 0.15) is 6.61 Å². The van der Waals surface area contributed by atoms with Gasteiger partial charge in [0.2, 0.25) is 0 Å². The first-order chi connectivity index (χ1) is 12.0. The summed E-state index contributed by atoms with van der Waals surface area (Å²) in [5.41, 5.74) is 2.24. The average Bonchev–Trinajstić information content (AvgIpc) is 2.60. The van der Waals surface area contributed by atoms with Gasteiger partial charge in [0, 0.05) is 12.8 Å². The number of nitrogens with one attached hydrogen (secondary N) is 2. The monoisotopic (exact) mass is 364 g/mol. The fourth-order valence-corrected chi connectivity index (χ4v) is 2.71. The molecule has 0 bridgehead atoms. The highest BCUT2D eigenvalue weighted by atomic mass is 32.1. The van der Waals surface area contributed by atoms with Crippen molar-refractivity contribution < 1.29 is 23.8 Å². The molecule has 1 atom stereocenters. The smallest absolute Gasteiger partial charge is 0.338 e. The Morgan fingerprint density at radius 3 is 2.40 bits per heavy atom. The van der Waals surface area contributed by atoms with Gasteiger partial charge in [0.25, 0.3) is 0 Å². The van der Waals surface area contributed by atoms with E-state index in [2.05, 4.69) is 15.4 Å². The Hall–Kier alpha value is -2.45. The van der Waals surface area contributed by atoms with Crippen molar-refractivity contribution in [1.82, 2.24) is 10.6 Å². The van der Waals surface area contributed by atoms with Crippen molar-refractivity contribution in [3.63, 3.8) is 0 Å². The van der Waals surface area contributed by atoms with E-state index < -0.39 is 18.0 Å². The number of carbonyl (C=O) groups excluding carboxylic acids is 2. The van der Waals surface area contributed by atoms with Crippen LogP contribution in [0.1, 0.15) is 28.9 Å². The van der Waals surface area contributed by atoms with Gasteiger partial charge < -0.3 is 24.8 Å². The average molecular weight is 364 g/mol. The van der Waals surface area contributed by atoms with Crippen LogP contribution in [0.4, 0.5) is 0 Å². The molecule has 134 valence electrons. The zero-order chi connectivity index (χ0) is 18.4. The molecule has 7 nitrogen and oxygen atoms in total. The van der Waals surface area contributed by atoms with Crippen LogP contribution in [0.15, 0.2) is 35.5 Å². The highest BCUT2D eigenvalue weighted by Gasteiger charge is 2.31. The molecule has 8 heteroatoms. The zero-order valence-electron chi connectivity index (χ0n) is 14.3. The van der Waals surface area contributed by atoms with Crippen LogP contribution in [-0.4, -0.2) is 44.5 Å². The minimum atomic E-state index is -0.476. The van der Waals surface area contributed by atoms with Crippen LogP contribution in [0.2, 0.25) is 0 Å². The third kappa shape index (κ3) is 4.55. The summed E-state index contributed by atoms with van der Waals surface area (Å²) in [6.45, 7) is 2.23. The summed E-state index contributed by atoms with van der Waals surface area (Å²) in [7, 11) is 2.86. The standard InChI is InChI=1S/C17H20N2O5S/c1-10-13(16(21)24-9-8-22-2)14(19-17(25)18-10)11-4-6-12(7-5-11)15(20)23-3/h4-7,14H,8-9H2,1-3H3,(H2,18,19,25)/t14-/m1/s1. The third-order valence-corrected chi connectivity index (χ3v) is 3.89. The van der Waals surface area contributed by atoms with Gasteiger partial charge in [-0.1, -0.05) is 12.1 Å². The molecule has 1 aliphatic heterocycles. The number of hydrogen-bond acceptors (Lipinski definition) is 6. The number of thiocarbonyl (C=S) groups is 1. The van der Waals surface area contributed by atoms with E-state index in [-0.39, 0.29) is 6.61 Å². The van der Waals surface area contributed by atoms with E-state index in [9.17, 15) is 9.59 Å². The first-order valence-corrected chi connectivity index (χ1v) is 8.01. The lowest BCUT2D eigenvalue weighted by Gasteiger charge is -2.30. The lowest BCUT2D eigenvalue weighted by atomic mass is 9.95. The van der Waals surface area contributed by atoms with Gasteiger partial charge in [-0.3, -0.25) is 0 Å². The van der Waals surface area contributed by atoms with E-state index in [1.807, 2.05) is 0 Å². The van der Waals surface area contributed by atoms with Gasteiger partial charge in [-0.15, -0.1) is 0 Å². The molecule has 1 aromatic carbocycles. The van der Waals surface area contributed by atoms with Crippen molar-refractivity contribution in [3.8, 4) is 0 Å². The first kappa shape index (κ1) is 18.9. The van der Waals surface area contributed by atoms with Gasteiger partial charge in [-0.25, -0.2) is 9.59 Å². The summed E-state index contributed by atoms with van der Waals surface area (Å²) < 4.78 is 14.8. The maximum absolute atomic E-state index is 12.5. The number of ether oxygens (including phenoxy) is 3. The molecule has 0 radical (unpaired) electrons. The second-order valence-corrected chi connectivity index (χ2v) is 5.72. The van der Waals surface area contributed by atoms with Crippen molar-refractivity contribution >= 4 is 29.3 Å². The predicted molar refractivity (Wildman–Crippen MR) is 94.9 cm³/mol. The van der Waals surface area contributed by atoms with E-state index in [1.165, 1.54) is 14.2 Å². The second kappa shape index (κ2) is 8.59. The molecule has 0 fully saturated rings. The molecule has 1 aliphatic rings. The second-order valence-electron chi connectivity index (χ2n) is 5.31. The van der Waals surface area contributed by atoms with Crippen LogP contribution in [0.3, 0.4) is 0 Å². The van der Waals surface area contributed by atoms with Gasteiger partial charge in [0.15, 0.2) is 5.11 Å². The molecule has 2 rings (SSSR count). The molecule has 25 heavy (non-hydrogen) atoms. The van der Waals surface area contributed by atoms with Gasteiger partial charge in [-0.05, 0) is 36.8 Å². The van der Waals surface area contributed by atoms with Crippen molar-refractivity contribution in [2.24, 2.45) is 0 Å². The lowest BCUT2D eigenvalue weighted by Crippen LogP contribution is -2.45. The summed E-state index contributed by atoms with van der Waals surface area (Å²) in [5.74, 6) is -0.884. The SMILES string of the molecule is COCCOC(=O)C1=C(C)NC(=S)N[C@@H]1c1ccc(C(=O)OC)cc1. The number of hydrogen-bond donors (Lipinski definition) is 2. The highest BCUT2D eigenvalue weighted by molar-refractivity contribution is 7.80. The molecule has 0 aliphatic carbocycles. The molecule has 0 unspecified atom stereocenters. The molecule has 0 amide bonds. The Kier molecular flexibility index (Phi) is 6.49. The third-order valence-electron chi connectivity index (χ3n) is 3.67. The Balaban J connectivity index is 2.29. The summed E-state index contributed by atoms with van der Waals surface area (Å²) in [5, 5.41) is 6.40. The largest absolute Gasteiger partial charge is 0.465 e. The Morgan fingerprint density at radius 1 is 1.12 bits per heavy atom. The maximum atomic E-state index is 12.5. The van der Waals surface area contributed by atoms with Crippen molar-refractivity contribution in [2.45, 2.75) is 13.0 Å². The summed E-state index contributed by atoms with van der Waals surface area (Å²) in [6.07, 6.45) is 0. The van der Waals surface area contributed by atoms with Gasteiger partial charge in [-0.2, -0.15) is 0 Å². The minimum absolute atomic E-state index is 0.157. The van der Waals surface area contributed by atoms with Gasteiger partial charge in [0.05, 0.1) is 30.9 Å². The highest BCUT2D eigenvalue weighted by Crippen LogP contribution is 2.28. The predicted octanol–water partition coefficient (Wildman–Crippen LogP) is 1.46. The molecule has 0 spiro atoms. The number of carbonyl (C=O) groups is 2. The summed E-state index contributed by atoms with van der Waals surface area (Å²) >= 11 is 5.19. The topological polar surface area (TPSA) is 85.9 Å². The molecule has 0 aromatic heterocycles. The first-order valence-electron chi connectivity index (χ1n) is 7.60. The molecular weight excluding hydrogens is 344 g/mol. The van der Waals surface area contributed by atoms with Crippen LogP contribution in [0.5, 0.6) is 0 Å². The van der Waals surface area contributed by atoms with Crippen LogP contribution >= 0.6 is 12.2 Å². The number of rotatable bonds is 6. The van der Waals surface area contributed by atoms with Crippen molar-refractivity contribution in [3.05, 3.63) is 46.7 Å². The van der Waals surface area contributed by atoms with E-state index in [0.29, 0.717) is 28.6 Å². The van der Waals surface area contributed by atoms with Crippen LogP contribution < -0.4 is 10.6 Å². The van der Waals surface area contributed by atoms with Gasteiger partial charge >= 0.3 is 11.9 Å². The van der Waals surface area contributed by atoms with E-state index in [4.69, 9.17) is 21.7 Å². The van der Waals surface area contributed by atoms with E-state index in [0.717, 1.165) is 5.56 Å². The minimum Gasteiger partial charge on any atom is -0.465 e. The Bertz CT molecular complexity index is 699. The fourth-order valence-electron chi connectivity index (χ4n) is 2.44. The quantitative estimate of drug-likeness (QED) is 0.446. The molecule has 0 saturated heterocycles.